The molecule has 7 nitrogen and oxygen atoms in total. The summed E-state index contributed by atoms with van der Waals surface area (Å²) in [6, 6.07) is 0. The second kappa shape index (κ2) is 5.91. The van der Waals surface area contributed by atoms with Crippen LogP contribution in [-0.4, -0.2) is 25.8 Å². The quantitative estimate of drug-likeness (QED) is 0.887. The van der Waals surface area contributed by atoms with Crippen molar-refractivity contribution in [2.45, 2.75) is 19.8 Å². The highest BCUT2D eigenvalue weighted by Crippen LogP contribution is 2.15. The highest BCUT2D eigenvalue weighted by atomic mass is 79.9. The van der Waals surface area contributed by atoms with Crippen molar-refractivity contribution in [3.05, 3.63) is 34.7 Å². The van der Waals surface area contributed by atoms with E-state index in [0.29, 0.717) is 16.2 Å². The molecular weight excluding hydrogens is 324 g/mol. The zero-order valence-electron chi connectivity index (χ0n) is 11.0. The number of carbonyl (C=O) groups is 1. The van der Waals surface area contributed by atoms with Gasteiger partial charge >= 0.3 is 0 Å². The maximum absolute atomic E-state index is 12.1. The summed E-state index contributed by atoms with van der Waals surface area (Å²) in [5, 5.41) is 2.59. The average Bonchev–Trinajstić information content (AvgIpc) is 2.41. The molecule has 2 aromatic heterocycles. The van der Waals surface area contributed by atoms with Gasteiger partial charge in [-0.1, -0.05) is 13.8 Å². The number of aromatic nitrogens is 4. The van der Waals surface area contributed by atoms with Crippen LogP contribution in [0.4, 0.5) is 11.5 Å². The molecule has 8 heteroatoms. The third-order valence-corrected chi connectivity index (χ3v) is 2.84. The maximum Gasteiger partial charge on any atom is 0.277 e. The molecule has 20 heavy (non-hydrogen) atoms. The average molecular weight is 337 g/mol. The number of hydrogen-bond acceptors (Lipinski definition) is 6. The summed E-state index contributed by atoms with van der Waals surface area (Å²) in [4.78, 5) is 28.4. The number of anilines is 2. The lowest BCUT2D eigenvalue weighted by atomic mass is 10.2. The van der Waals surface area contributed by atoms with E-state index in [0.717, 1.165) is 0 Å². The SMILES string of the molecule is CC(C)c1ncc(N)c(C(=O)Nc2cnc(Br)cn2)n1. The van der Waals surface area contributed by atoms with Crippen LogP contribution in [0.1, 0.15) is 36.1 Å². The number of nitrogens with two attached hydrogens (primary N) is 1. The smallest absolute Gasteiger partial charge is 0.277 e. The fourth-order valence-corrected chi connectivity index (χ4v) is 1.62. The number of nitrogens with one attached hydrogen (secondary N) is 1. The zero-order valence-corrected chi connectivity index (χ0v) is 12.5. The topological polar surface area (TPSA) is 107 Å². The minimum atomic E-state index is -0.441. The normalized spacial score (nSPS) is 10.6. The van der Waals surface area contributed by atoms with Gasteiger partial charge in [0.1, 0.15) is 10.4 Å². The number of nitrogen functional groups attached to an aromatic ring is 1. The lowest BCUT2D eigenvalue weighted by Crippen LogP contribution is -2.18. The van der Waals surface area contributed by atoms with Crippen LogP contribution in [0.25, 0.3) is 0 Å². The number of carbonyl (C=O) groups excluding carboxylic acids is 1. The molecule has 0 aliphatic heterocycles. The fourth-order valence-electron chi connectivity index (χ4n) is 1.42. The van der Waals surface area contributed by atoms with Gasteiger partial charge in [-0.3, -0.25) is 4.79 Å². The molecular formula is C12H13BrN6O. The van der Waals surface area contributed by atoms with Crippen LogP contribution in [0.15, 0.2) is 23.2 Å². The monoisotopic (exact) mass is 336 g/mol. The molecule has 0 atom stereocenters. The van der Waals surface area contributed by atoms with Crippen LogP contribution in [0.5, 0.6) is 0 Å². The molecule has 2 rings (SSSR count). The second-order valence-electron chi connectivity index (χ2n) is 4.37. The molecule has 0 spiro atoms. The van der Waals surface area contributed by atoms with Crippen molar-refractivity contribution in [3.8, 4) is 0 Å². The molecule has 0 aliphatic rings. The molecule has 0 unspecified atom stereocenters. The van der Waals surface area contributed by atoms with E-state index in [2.05, 4.69) is 41.2 Å². The molecule has 2 heterocycles. The van der Waals surface area contributed by atoms with Gasteiger partial charge in [0.2, 0.25) is 0 Å². The summed E-state index contributed by atoms with van der Waals surface area (Å²) in [5.74, 6) is 0.548. The molecule has 0 aliphatic carbocycles. The summed E-state index contributed by atoms with van der Waals surface area (Å²) in [6.07, 6.45) is 4.35. The minimum absolute atomic E-state index is 0.106. The van der Waals surface area contributed by atoms with Gasteiger partial charge in [0.15, 0.2) is 11.5 Å². The number of rotatable bonds is 3. The molecule has 0 aromatic carbocycles. The van der Waals surface area contributed by atoms with E-state index >= 15 is 0 Å². The summed E-state index contributed by atoms with van der Waals surface area (Å²) in [7, 11) is 0. The van der Waals surface area contributed by atoms with Crippen LogP contribution < -0.4 is 11.1 Å². The molecule has 0 saturated heterocycles. The van der Waals surface area contributed by atoms with Crippen LogP contribution in [-0.2, 0) is 0 Å². The lowest BCUT2D eigenvalue weighted by Gasteiger charge is -2.09. The van der Waals surface area contributed by atoms with Gasteiger partial charge in [-0.05, 0) is 15.9 Å². The predicted octanol–water partition coefficient (Wildman–Crippen LogP) is 1.99. The molecule has 2 aromatic rings. The first-order chi connectivity index (χ1) is 9.47. The van der Waals surface area contributed by atoms with Crippen molar-refractivity contribution >= 4 is 33.3 Å². The first kappa shape index (κ1) is 14.3. The Bertz CT molecular complexity index is 628. The van der Waals surface area contributed by atoms with Gasteiger partial charge in [-0.15, -0.1) is 0 Å². The van der Waals surface area contributed by atoms with E-state index in [-0.39, 0.29) is 17.3 Å². The second-order valence-corrected chi connectivity index (χ2v) is 5.18. The highest BCUT2D eigenvalue weighted by molar-refractivity contribution is 9.10. The van der Waals surface area contributed by atoms with Crippen molar-refractivity contribution in [2.24, 2.45) is 0 Å². The standard InChI is InChI=1S/C12H13BrN6O/c1-6(2)11-17-3-7(14)10(19-11)12(20)18-9-5-15-8(13)4-16-9/h3-6H,14H2,1-2H3,(H,16,18,20). The number of halogens is 1. The summed E-state index contributed by atoms with van der Waals surface area (Å²) < 4.78 is 0.583. The summed E-state index contributed by atoms with van der Waals surface area (Å²) in [6.45, 7) is 3.88. The van der Waals surface area contributed by atoms with Crippen molar-refractivity contribution in [1.29, 1.82) is 0 Å². The Labute approximate surface area is 124 Å². The molecule has 1 amide bonds. The molecule has 0 bridgehead atoms. The van der Waals surface area contributed by atoms with E-state index in [1.54, 1.807) is 0 Å². The van der Waals surface area contributed by atoms with Crippen molar-refractivity contribution in [1.82, 2.24) is 19.9 Å². The van der Waals surface area contributed by atoms with E-state index in [9.17, 15) is 4.79 Å². The first-order valence-electron chi connectivity index (χ1n) is 5.88. The Kier molecular flexibility index (Phi) is 4.23. The van der Waals surface area contributed by atoms with Gasteiger partial charge in [0.25, 0.3) is 5.91 Å². The van der Waals surface area contributed by atoms with E-state index in [1.807, 2.05) is 13.8 Å². The van der Waals surface area contributed by atoms with Crippen molar-refractivity contribution < 1.29 is 4.79 Å². The van der Waals surface area contributed by atoms with Gasteiger partial charge < -0.3 is 11.1 Å². The zero-order chi connectivity index (χ0) is 14.7. The van der Waals surface area contributed by atoms with E-state index in [1.165, 1.54) is 18.6 Å². The maximum atomic E-state index is 12.1. The third-order valence-electron chi connectivity index (χ3n) is 2.43. The molecule has 3 N–H and O–H groups in total. The van der Waals surface area contributed by atoms with Crippen LogP contribution in [0.2, 0.25) is 0 Å². The summed E-state index contributed by atoms with van der Waals surface area (Å²) >= 11 is 3.17. The number of hydrogen-bond donors (Lipinski definition) is 2. The number of amides is 1. The van der Waals surface area contributed by atoms with Gasteiger partial charge in [0, 0.05) is 5.92 Å². The largest absolute Gasteiger partial charge is 0.396 e. The lowest BCUT2D eigenvalue weighted by molar-refractivity contribution is 0.102. The van der Waals surface area contributed by atoms with Crippen LogP contribution >= 0.6 is 15.9 Å². The van der Waals surface area contributed by atoms with Gasteiger partial charge in [-0.25, -0.2) is 19.9 Å². The Morgan fingerprint density at radius 2 is 2.00 bits per heavy atom. The predicted molar refractivity (Wildman–Crippen MR) is 78.2 cm³/mol. The molecule has 0 radical (unpaired) electrons. The molecule has 0 fully saturated rings. The third kappa shape index (κ3) is 3.27. The number of nitrogens with zero attached hydrogens (tertiary/aromatic N) is 4. The molecule has 0 saturated carbocycles. The van der Waals surface area contributed by atoms with Crippen LogP contribution in [0.3, 0.4) is 0 Å². The van der Waals surface area contributed by atoms with E-state index in [4.69, 9.17) is 5.73 Å². The van der Waals surface area contributed by atoms with Gasteiger partial charge in [0.05, 0.1) is 24.3 Å². The Morgan fingerprint density at radius 3 is 2.60 bits per heavy atom. The molecule has 104 valence electrons. The summed E-state index contributed by atoms with van der Waals surface area (Å²) in [5.41, 5.74) is 6.09. The first-order valence-corrected chi connectivity index (χ1v) is 6.68. The van der Waals surface area contributed by atoms with E-state index < -0.39 is 5.91 Å². The Morgan fingerprint density at radius 1 is 1.25 bits per heavy atom. The minimum Gasteiger partial charge on any atom is -0.396 e. The van der Waals surface area contributed by atoms with Crippen LogP contribution in [0, 0.1) is 0 Å². The fraction of sp³-hybridized carbons (Fsp3) is 0.250. The Hall–Kier alpha value is -2.09. The van der Waals surface area contributed by atoms with Gasteiger partial charge in [-0.2, -0.15) is 0 Å². The van der Waals surface area contributed by atoms with Crippen molar-refractivity contribution in [3.63, 3.8) is 0 Å². The highest BCUT2D eigenvalue weighted by Gasteiger charge is 2.15. The van der Waals surface area contributed by atoms with Crippen molar-refractivity contribution in [2.75, 3.05) is 11.1 Å². The Balaban J connectivity index is 2.24.